The number of nitrogens with two attached hydrogens (primary N) is 2. The van der Waals surface area contributed by atoms with Gasteiger partial charge in [0, 0.05) is 4.47 Å². The third-order valence-corrected chi connectivity index (χ3v) is 3.09. The minimum Gasteiger partial charge on any atom is -0.488 e. The highest BCUT2D eigenvalue weighted by Gasteiger charge is 2.18. The third kappa shape index (κ3) is 3.90. The van der Waals surface area contributed by atoms with Gasteiger partial charge in [-0.3, -0.25) is 0 Å². The van der Waals surface area contributed by atoms with Crippen LogP contribution in [0.5, 0.6) is 5.75 Å². The van der Waals surface area contributed by atoms with Gasteiger partial charge >= 0.3 is 0 Å². The summed E-state index contributed by atoms with van der Waals surface area (Å²) >= 11 is 3.39. The Bertz CT molecular complexity index is 421. The van der Waals surface area contributed by atoms with Crippen molar-refractivity contribution in [2.24, 2.45) is 5.73 Å². The van der Waals surface area contributed by atoms with E-state index < -0.39 is 5.60 Å². The lowest BCUT2D eigenvalue weighted by atomic mass is 9.80. The zero-order chi connectivity index (χ0) is 13.9. The molecule has 0 aliphatic carbocycles. The van der Waals surface area contributed by atoms with E-state index in [9.17, 15) is 5.11 Å². The van der Waals surface area contributed by atoms with Crippen molar-refractivity contribution in [2.75, 3.05) is 18.9 Å². The first-order chi connectivity index (χ1) is 8.26. The normalized spacial score (nSPS) is 13.4. The highest BCUT2D eigenvalue weighted by molar-refractivity contribution is 9.10. The van der Waals surface area contributed by atoms with Gasteiger partial charge in [0.25, 0.3) is 0 Å². The second kappa shape index (κ2) is 5.95. The molecule has 1 atom stereocenters. The summed E-state index contributed by atoms with van der Waals surface area (Å²) in [6, 6.07) is 3.54. The molecule has 5 N–H and O–H groups in total. The molecule has 2 radical (unpaired) electrons. The highest BCUT2D eigenvalue weighted by Crippen LogP contribution is 2.35. The van der Waals surface area contributed by atoms with Crippen LogP contribution in [-0.2, 0) is 0 Å². The molecule has 1 aromatic rings. The van der Waals surface area contributed by atoms with Crippen LogP contribution in [0.3, 0.4) is 0 Å². The summed E-state index contributed by atoms with van der Waals surface area (Å²) in [7, 11) is 5.91. The summed E-state index contributed by atoms with van der Waals surface area (Å²) in [4.78, 5) is 0. The lowest BCUT2D eigenvalue weighted by Gasteiger charge is -2.21. The molecule has 4 nitrogen and oxygen atoms in total. The Balaban J connectivity index is 3.01. The SMILES string of the molecule is [B]C(CN)c1c(Br)ccc(OCC(C)(C)O)c1N. The highest BCUT2D eigenvalue weighted by atomic mass is 79.9. The molecule has 18 heavy (non-hydrogen) atoms. The largest absolute Gasteiger partial charge is 0.488 e. The van der Waals surface area contributed by atoms with E-state index in [0.29, 0.717) is 11.4 Å². The lowest BCUT2D eigenvalue weighted by Crippen LogP contribution is -2.28. The van der Waals surface area contributed by atoms with Gasteiger partial charge in [0.2, 0.25) is 0 Å². The Morgan fingerprint density at radius 3 is 2.61 bits per heavy atom. The molecule has 0 spiro atoms. The Morgan fingerprint density at radius 1 is 1.50 bits per heavy atom. The van der Waals surface area contributed by atoms with Crippen molar-refractivity contribution in [1.29, 1.82) is 0 Å². The fraction of sp³-hybridized carbons (Fsp3) is 0.500. The molecule has 0 bridgehead atoms. The molecule has 0 aromatic heterocycles. The average molecular weight is 313 g/mol. The van der Waals surface area contributed by atoms with Crippen LogP contribution in [0.4, 0.5) is 5.69 Å². The number of ether oxygens (including phenoxy) is 1. The molecule has 6 heteroatoms. The van der Waals surface area contributed by atoms with Crippen LogP contribution < -0.4 is 16.2 Å². The molecule has 1 rings (SSSR count). The standard InChI is InChI=1S/C12H18BBrN2O2/c1-12(2,17)6-18-9-4-3-8(14)10(11(9)16)7(13)5-15/h3-4,7,17H,5-6,15-16H2,1-2H3. The first-order valence-corrected chi connectivity index (χ1v) is 6.44. The van der Waals surface area contributed by atoms with Crippen LogP contribution in [0, 0.1) is 0 Å². The maximum Gasteiger partial charge on any atom is 0.142 e. The number of benzene rings is 1. The average Bonchev–Trinajstić information content (AvgIpc) is 2.26. The zero-order valence-corrected chi connectivity index (χ0v) is 12.2. The van der Waals surface area contributed by atoms with Gasteiger partial charge in [-0.25, -0.2) is 0 Å². The molecule has 0 saturated carbocycles. The Labute approximate surface area is 117 Å². The van der Waals surface area contributed by atoms with Gasteiger partial charge < -0.3 is 21.3 Å². The van der Waals surface area contributed by atoms with E-state index in [1.54, 1.807) is 26.0 Å². The number of rotatable bonds is 5. The van der Waals surface area contributed by atoms with Crippen molar-refractivity contribution in [1.82, 2.24) is 0 Å². The van der Waals surface area contributed by atoms with Gasteiger partial charge in [-0.2, -0.15) is 0 Å². The lowest BCUT2D eigenvalue weighted by molar-refractivity contribution is 0.0287. The first kappa shape index (κ1) is 15.3. The second-order valence-corrected chi connectivity index (χ2v) is 5.67. The molecule has 1 aromatic carbocycles. The Hall–Kier alpha value is -0.715. The van der Waals surface area contributed by atoms with E-state index in [0.717, 1.165) is 10.0 Å². The Kier molecular flexibility index (Phi) is 5.07. The molecule has 0 fully saturated rings. The molecular formula is C12H18BBrN2O2. The van der Waals surface area contributed by atoms with E-state index >= 15 is 0 Å². The monoisotopic (exact) mass is 312 g/mol. The summed E-state index contributed by atoms with van der Waals surface area (Å²) < 4.78 is 6.30. The fourth-order valence-electron chi connectivity index (χ4n) is 1.46. The third-order valence-electron chi connectivity index (χ3n) is 2.40. The van der Waals surface area contributed by atoms with Gasteiger partial charge in [0.15, 0.2) is 0 Å². The minimum atomic E-state index is -0.921. The zero-order valence-electron chi connectivity index (χ0n) is 10.6. The number of hydrogen-bond donors (Lipinski definition) is 3. The molecule has 98 valence electrons. The maximum absolute atomic E-state index is 9.63. The molecule has 0 aliphatic heterocycles. The fourth-order valence-corrected chi connectivity index (χ4v) is 2.10. The van der Waals surface area contributed by atoms with Crippen LogP contribution in [-0.4, -0.2) is 31.7 Å². The number of anilines is 1. The quantitative estimate of drug-likeness (QED) is 0.566. The molecule has 0 amide bonds. The molecule has 0 aliphatic rings. The van der Waals surface area contributed by atoms with Gasteiger partial charge in [-0.15, -0.1) is 0 Å². The molecule has 0 heterocycles. The Morgan fingerprint density at radius 2 is 2.11 bits per heavy atom. The second-order valence-electron chi connectivity index (χ2n) is 4.82. The van der Waals surface area contributed by atoms with E-state index in [2.05, 4.69) is 15.9 Å². The van der Waals surface area contributed by atoms with Crippen molar-refractivity contribution in [3.05, 3.63) is 22.2 Å². The van der Waals surface area contributed by atoms with Crippen LogP contribution in [0.2, 0.25) is 0 Å². The van der Waals surface area contributed by atoms with Crippen molar-refractivity contribution < 1.29 is 9.84 Å². The topological polar surface area (TPSA) is 81.5 Å². The number of hydrogen-bond acceptors (Lipinski definition) is 4. The number of nitrogen functional groups attached to an aromatic ring is 1. The van der Waals surface area contributed by atoms with E-state index in [4.69, 9.17) is 24.1 Å². The van der Waals surface area contributed by atoms with Gasteiger partial charge in [-0.1, -0.05) is 15.9 Å². The minimum absolute atomic E-state index is 0.149. The summed E-state index contributed by atoms with van der Waals surface area (Å²) in [6.45, 7) is 3.76. The number of aliphatic hydroxyl groups is 1. The summed E-state index contributed by atoms with van der Waals surface area (Å²) in [5, 5.41) is 9.63. The molecule has 0 saturated heterocycles. The van der Waals surface area contributed by atoms with Crippen LogP contribution in [0.1, 0.15) is 25.2 Å². The van der Waals surface area contributed by atoms with Crippen molar-refractivity contribution in [3.8, 4) is 5.75 Å². The smallest absolute Gasteiger partial charge is 0.142 e. The van der Waals surface area contributed by atoms with Crippen LogP contribution in [0.15, 0.2) is 16.6 Å². The molecular weight excluding hydrogens is 295 g/mol. The van der Waals surface area contributed by atoms with E-state index in [-0.39, 0.29) is 19.0 Å². The van der Waals surface area contributed by atoms with Crippen LogP contribution in [0.25, 0.3) is 0 Å². The van der Waals surface area contributed by atoms with Crippen molar-refractivity contribution in [3.63, 3.8) is 0 Å². The van der Waals surface area contributed by atoms with Gasteiger partial charge in [0.05, 0.1) is 19.1 Å². The summed E-state index contributed by atoms with van der Waals surface area (Å²) in [5.74, 6) is 0.143. The maximum atomic E-state index is 9.63. The van der Waals surface area contributed by atoms with Crippen molar-refractivity contribution in [2.45, 2.75) is 25.3 Å². The van der Waals surface area contributed by atoms with Gasteiger partial charge in [-0.05, 0) is 43.9 Å². The number of halogens is 1. The van der Waals surface area contributed by atoms with Crippen molar-refractivity contribution >= 4 is 29.5 Å². The van der Waals surface area contributed by atoms with E-state index in [1.807, 2.05) is 0 Å². The predicted octanol–water partition coefficient (Wildman–Crippen LogP) is 1.35. The molecule has 1 unspecified atom stereocenters. The van der Waals surface area contributed by atoms with E-state index in [1.165, 1.54) is 0 Å². The summed E-state index contributed by atoms with van der Waals surface area (Å²) in [5.41, 5.74) is 11.8. The van der Waals surface area contributed by atoms with Crippen LogP contribution >= 0.6 is 15.9 Å². The summed E-state index contributed by atoms with van der Waals surface area (Å²) in [6.07, 6.45) is 0. The predicted molar refractivity (Wildman–Crippen MR) is 77.9 cm³/mol. The van der Waals surface area contributed by atoms with Gasteiger partial charge in [0.1, 0.15) is 12.4 Å². The first-order valence-electron chi connectivity index (χ1n) is 5.65.